The number of ketones is 1. The molecule has 0 aliphatic rings. The molecule has 37 heavy (non-hydrogen) atoms. The van der Waals surface area contributed by atoms with Gasteiger partial charge in [0.15, 0.2) is 10.9 Å². The smallest absolute Gasteiger partial charge is 0.262 e. The lowest BCUT2D eigenvalue weighted by atomic mass is 10.1. The molecule has 1 amide bonds. The molecule has 0 fully saturated rings. The minimum Gasteiger partial charge on any atom is -0.497 e. The van der Waals surface area contributed by atoms with Crippen molar-refractivity contribution in [1.29, 1.82) is 0 Å². The second-order valence-electron chi connectivity index (χ2n) is 8.70. The van der Waals surface area contributed by atoms with Gasteiger partial charge in [0.2, 0.25) is 0 Å². The fourth-order valence-electron chi connectivity index (χ4n) is 3.80. The monoisotopic (exact) mass is 515 g/mol. The van der Waals surface area contributed by atoms with Gasteiger partial charge >= 0.3 is 0 Å². The third kappa shape index (κ3) is 6.27. The van der Waals surface area contributed by atoms with Crippen LogP contribution in [0.25, 0.3) is 10.9 Å². The summed E-state index contributed by atoms with van der Waals surface area (Å²) in [5, 5.41) is 3.69. The second-order valence-corrected chi connectivity index (χ2v) is 9.64. The molecule has 0 aliphatic carbocycles. The number of amides is 1. The number of hydrogen-bond donors (Lipinski definition) is 1. The van der Waals surface area contributed by atoms with Crippen LogP contribution in [0.2, 0.25) is 0 Å². The van der Waals surface area contributed by atoms with Crippen LogP contribution in [0, 0.1) is 6.92 Å². The van der Waals surface area contributed by atoms with Gasteiger partial charge in [0.25, 0.3) is 11.5 Å². The zero-order chi connectivity index (χ0) is 26.4. The van der Waals surface area contributed by atoms with E-state index in [0.717, 1.165) is 17.5 Å². The van der Waals surface area contributed by atoms with E-state index in [1.165, 1.54) is 11.8 Å². The zero-order valence-electron chi connectivity index (χ0n) is 21.1. The van der Waals surface area contributed by atoms with E-state index in [9.17, 15) is 14.4 Å². The van der Waals surface area contributed by atoms with Gasteiger partial charge in [-0.1, -0.05) is 48.5 Å². The van der Waals surface area contributed by atoms with E-state index >= 15 is 0 Å². The standard InChI is InChI=1S/C29H29N3O4S/c1-4-15-30-27(34)22-11-14-24-25(16-22)31-29(32(28(24)35)17-20-7-5-19(2)6-8-20)37-18-26(33)21-9-12-23(36-3)13-10-21/h5-14,16H,4,15,17-18H2,1-3H3,(H,30,34). The number of aromatic nitrogens is 2. The van der Waals surface area contributed by atoms with Crippen LogP contribution in [-0.4, -0.2) is 40.6 Å². The number of nitrogens with zero attached hydrogens (tertiary/aromatic N) is 2. The summed E-state index contributed by atoms with van der Waals surface area (Å²) in [4.78, 5) is 43.7. The Morgan fingerprint density at radius 3 is 2.38 bits per heavy atom. The molecule has 0 spiro atoms. The van der Waals surface area contributed by atoms with E-state index in [1.807, 2.05) is 38.1 Å². The Morgan fingerprint density at radius 2 is 1.70 bits per heavy atom. The van der Waals surface area contributed by atoms with Crippen LogP contribution in [-0.2, 0) is 6.54 Å². The molecule has 0 saturated carbocycles. The van der Waals surface area contributed by atoms with Crippen LogP contribution in [0.3, 0.4) is 0 Å². The van der Waals surface area contributed by atoms with Crippen molar-refractivity contribution in [3.63, 3.8) is 0 Å². The van der Waals surface area contributed by atoms with E-state index in [2.05, 4.69) is 5.32 Å². The molecule has 7 nitrogen and oxygen atoms in total. The summed E-state index contributed by atoms with van der Waals surface area (Å²) in [5.41, 5.74) is 3.28. The van der Waals surface area contributed by atoms with E-state index in [-0.39, 0.29) is 23.0 Å². The lowest BCUT2D eigenvalue weighted by molar-refractivity contribution is 0.0952. The molecule has 1 heterocycles. The molecule has 1 aromatic heterocycles. The Balaban J connectivity index is 1.70. The number of aryl methyl sites for hydroxylation is 1. The highest BCUT2D eigenvalue weighted by Crippen LogP contribution is 2.22. The summed E-state index contributed by atoms with van der Waals surface area (Å²) in [6.07, 6.45) is 0.824. The molecule has 0 radical (unpaired) electrons. The first-order valence-corrected chi connectivity index (χ1v) is 13.1. The second kappa shape index (κ2) is 11.9. The van der Waals surface area contributed by atoms with Gasteiger partial charge < -0.3 is 10.1 Å². The fourth-order valence-corrected chi connectivity index (χ4v) is 4.69. The SMILES string of the molecule is CCCNC(=O)c1ccc2c(=O)n(Cc3ccc(C)cc3)c(SCC(=O)c3ccc(OC)cc3)nc2c1. The third-order valence-corrected chi connectivity index (χ3v) is 6.90. The molecule has 0 atom stereocenters. The lowest BCUT2D eigenvalue weighted by Gasteiger charge is -2.14. The Labute approximate surface area is 219 Å². The first-order chi connectivity index (χ1) is 17.9. The highest BCUT2D eigenvalue weighted by Gasteiger charge is 2.16. The number of rotatable bonds is 10. The van der Waals surface area contributed by atoms with Crippen molar-refractivity contribution in [1.82, 2.24) is 14.9 Å². The molecule has 0 bridgehead atoms. The van der Waals surface area contributed by atoms with Crippen LogP contribution in [0.5, 0.6) is 5.75 Å². The minimum atomic E-state index is -0.217. The van der Waals surface area contributed by atoms with Crippen molar-refractivity contribution in [3.05, 3.63) is 99.3 Å². The average molecular weight is 516 g/mol. The van der Waals surface area contributed by atoms with E-state index in [1.54, 1.807) is 54.1 Å². The van der Waals surface area contributed by atoms with Crippen LogP contribution >= 0.6 is 11.8 Å². The maximum absolute atomic E-state index is 13.6. The maximum Gasteiger partial charge on any atom is 0.262 e. The van der Waals surface area contributed by atoms with Crippen LogP contribution in [0.1, 0.15) is 45.2 Å². The summed E-state index contributed by atoms with van der Waals surface area (Å²) in [6.45, 7) is 4.88. The van der Waals surface area contributed by atoms with Crippen molar-refractivity contribution in [3.8, 4) is 5.75 Å². The van der Waals surface area contributed by atoms with Crippen molar-refractivity contribution < 1.29 is 14.3 Å². The number of carbonyl (C=O) groups excluding carboxylic acids is 2. The number of thioether (sulfide) groups is 1. The van der Waals surface area contributed by atoms with Gasteiger partial charge in [-0.05, 0) is 61.4 Å². The van der Waals surface area contributed by atoms with Gasteiger partial charge in [-0.3, -0.25) is 19.0 Å². The summed E-state index contributed by atoms with van der Waals surface area (Å²) in [5.74, 6) is 0.482. The summed E-state index contributed by atoms with van der Waals surface area (Å²) < 4.78 is 6.76. The average Bonchev–Trinajstić information content (AvgIpc) is 2.92. The number of ether oxygens (including phenoxy) is 1. The predicted molar refractivity (Wildman–Crippen MR) is 147 cm³/mol. The van der Waals surface area contributed by atoms with Gasteiger partial charge in [-0.2, -0.15) is 0 Å². The van der Waals surface area contributed by atoms with Gasteiger partial charge in [-0.15, -0.1) is 0 Å². The molecule has 1 N–H and O–H groups in total. The molecule has 4 rings (SSSR count). The number of carbonyl (C=O) groups is 2. The Hall–Kier alpha value is -3.91. The quantitative estimate of drug-likeness (QED) is 0.184. The third-order valence-electron chi connectivity index (χ3n) is 5.92. The number of benzene rings is 3. The molecule has 0 aliphatic heterocycles. The van der Waals surface area contributed by atoms with Crippen molar-refractivity contribution >= 4 is 34.4 Å². The normalized spacial score (nSPS) is 10.9. The van der Waals surface area contributed by atoms with Crippen LogP contribution in [0.15, 0.2) is 76.7 Å². The summed E-state index contributed by atoms with van der Waals surface area (Å²) >= 11 is 1.21. The molecule has 4 aromatic rings. The van der Waals surface area contributed by atoms with Gasteiger partial charge in [0, 0.05) is 17.7 Å². The zero-order valence-corrected chi connectivity index (χ0v) is 21.9. The number of hydrogen-bond acceptors (Lipinski definition) is 6. The largest absolute Gasteiger partial charge is 0.497 e. The Kier molecular flexibility index (Phi) is 8.40. The Bertz CT molecular complexity index is 1480. The predicted octanol–water partition coefficient (Wildman–Crippen LogP) is 4.88. The molecular weight excluding hydrogens is 486 g/mol. The van der Waals surface area contributed by atoms with Gasteiger partial charge in [-0.25, -0.2) is 4.98 Å². The first kappa shape index (κ1) is 26.2. The molecule has 190 valence electrons. The molecule has 8 heteroatoms. The number of nitrogens with one attached hydrogen (secondary N) is 1. The lowest BCUT2D eigenvalue weighted by Crippen LogP contribution is -2.26. The highest BCUT2D eigenvalue weighted by atomic mass is 32.2. The molecule has 0 unspecified atom stereocenters. The molecule has 0 saturated heterocycles. The summed E-state index contributed by atoms with van der Waals surface area (Å²) in [7, 11) is 1.57. The molecular formula is C29H29N3O4S. The van der Waals surface area contributed by atoms with Crippen molar-refractivity contribution in [2.75, 3.05) is 19.4 Å². The van der Waals surface area contributed by atoms with Crippen LogP contribution in [0.4, 0.5) is 0 Å². The number of fused-ring (bicyclic) bond motifs is 1. The Morgan fingerprint density at radius 1 is 1.00 bits per heavy atom. The maximum atomic E-state index is 13.6. The van der Waals surface area contributed by atoms with Crippen molar-refractivity contribution in [2.45, 2.75) is 32.0 Å². The van der Waals surface area contributed by atoms with E-state index in [0.29, 0.717) is 46.0 Å². The molecule has 3 aromatic carbocycles. The van der Waals surface area contributed by atoms with Crippen LogP contribution < -0.4 is 15.6 Å². The first-order valence-electron chi connectivity index (χ1n) is 12.1. The topological polar surface area (TPSA) is 90.3 Å². The highest BCUT2D eigenvalue weighted by molar-refractivity contribution is 7.99. The van der Waals surface area contributed by atoms with Gasteiger partial charge in [0.1, 0.15) is 5.75 Å². The van der Waals surface area contributed by atoms with Crippen molar-refractivity contribution in [2.24, 2.45) is 0 Å². The number of Topliss-reactive ketones (excluding diaryl/α,β-unsaturated/α-hetero) is 1. The fraction of sp³-hybridized carbons (Fsp3) is 0.241. The van der Waals surface area contributed by atoms with E-state index in [4.69, 9.17) is 9.72 Å². The summed E-state index contributed by atoms with van der Waals surface area (Å²) in [6, 6.07) is 19.8. The van der Waals surface area contributed by atoms with Gasteiger partial charge in [0.05, 0.1) is 30.3 Å². The minimum absolute atomic E-state index is 0.0865. The number of methoxy groups -OCH3 is 1. The van der Waals surface area contributed by atoms with E-state index < -0.39 is 0 Å².